The molecule has 4 rings (SSSR count). The molecule has 1 aliphatic heterocycles. The van der Waals surface area contributed by atoms with Gasteiger partial charge in [-0.2, -0.15) is 11.8 Å². The molecular formula is C23H24N2O4S. The lowest BCUT2D eigenvalue weighted by atomic mass is 9.82. The highest BCUT2D eigenvalue weighted by molar-refractivity contribution is 7.98. The Morgan fingerprint density at radius 3 is 2.03 bits per heavy atom. The molecule has 2 aromatic rings. The summed E-state index contributed by atoms with van der Waals surface area (Å²) in [6.45, 7) is 0.523. The average molecular weight is 425 g/mol. The van der Waals surface area contributed by atoms with Gasteiger partial charge in [0.05, 0.1) is 16.1 Å². The first-order chi connectivity index (χ1) is 14.5. The topological polar surface area (TPSA) is 80.5 Å². The Kier molecular flexibility index (Phi) is 6.18. The van der Waals surface area contributed by atoms with E-state index < -0.39 is 0 Å². The molecule has 6 nitrogen and oxygen atoms in total. The molecule has 0 saturated heterocycles. The zero-order valence-corrected chi connectivity index (χ0v) is 17.5. The van der Waals surface area contributed by atoms with Crippen LogP contribution in [0.5, 0.6) is 0 Å². The number of hydrogen-bond acceptors (Lipinski definition) is 5. The molecule has 0 radical (unpaired) electrons. The van der Waals surface area contributed by atoms with Gasteiger partial charge < -0.3 is 0 Å². The van der Waals surface area contributed by atoms with Gasteiger partial charge in [-0.15, -0.1) is 0 Å². The fourth-order valence-electron chi connectivity index (χ4n) is 4.30. The van der Waals surface area contributed by atoms with Crippen LogP contribution in [0, 0.1) is 22.0 Å². The number of amides is 2. The molecular weight excluding hydrogens is 400 g/mol. The Labute approximate surface area is 179 Å². The number of nitro groups is 1. The van der Waals surface area contributed by atoms with Crippen molar-refractivity contribution in [1.82, 2.24) is 4.90 Å². The maximum absolute atomic E-state index is 12.5. The Balaban J connectivity index is 1.21. The summed E-state index contributed by atoms with van der Waals surface area (Å²) < 4.78 is 0. The summed E-state index contributed by atoms with van der Waals surface area (Å²) in [5.74, 6) is 2.63. The molecule has 0 N–H and O–H groups in total. The van der Waals surface area contributed by atoms with Gasteiger partial charge in [0.15, 0.2) is 0 Å². The van der Waals surface area contributed by atoms with E-state index >= 15 is 0 Å². The summed E-state index contributed by atoms with van der Waals surface area (Å²) in [4.78, 5) is 36.9. The van der Waals surface area contributed by atoms with Crippen molar-refractivity contribution in [1.29, 1.82) is 0 Å². The molecule has 1 fully saturated rings. The molecule has 156 valence electrons. The van der Waals surface area contributed by atoms with E-state index in [-0.39, 0.29) is 22.4 Å². The van der Waals surface area contributed by atoms with E-state index in [1.165, 1.54) is 4.90 Å². The zero-order chi connectivity index (χ0) is 21.1. The smallest absolute Gasteiger partial charge is 0.269 e. The summed E-state index contributed by atoms with van der Waals surface area (Å²) in [7, 11) is 0. The maximum Gasteiger partial charge on any atom is 0.269 e. The number of benzene rings is 2. The number of thioether (sulfide) groups is 1. The van der Waals surface area contributed by atoms with E-state index in [2.05, 4.69) is 0 Å². The summed E-state index contributed by atoms with van der Waals surface area (Å²) in [5.41, 5.74) is 2.28. The van der Waals surface area contributed by atoms with Crippen LogP contribution in [0.1, 0.15) is 52.0 Å². The van der Waals surface area contributed by atoms with Gasteiger partial charge in [-0.25, -0.2) is 0 Å². The highest BCUT2D eigenvalue weighted by atomic mass is 32.2. The van der Waals surface area contributed by atoms with Crippen molar-refractivity contribution in [2.75, 3.05) is 12.3 Å². The SMILES string of the molecule is O=C1c2ccccc2C(=O)N1CC1CCC(CSCc2ccc([N+](=O)[O-])cc2)CC1. The third-order valence-corrected chi connectivity index (χ3v) is 7.30. The lowest BCUT2D eigenvalue weighted by molar-refractivity contribution is -0.384. The lowest BCUT2D eigenvalue weighted by Gasteiger charge is -2.30. The van der Waals surface area contributed by atoms with E-state index in [4.69, 9.17) is 0 Å². The van der Waals surface area contributed by atoms with Crippen molar-refractivity contribution in [3.8, 4) is 0 Å². The van der Waals surface area contributed by atoms with E-state index in [0.29, 0.717) is 29.5 Å². The van der Waals surface area contributed by atoms with Crippen LogP contribution in [-0.2, 0) is 5.75 Å². The normalized spacial score (nSPS) is 21.0. The maximum atomic E-state index is 12.5. The summed E-state index contributed by atoms with van der Waals surface area (Å²) in [5, 5.41) is 10.7. The number of nitrogens with zero attached hydrogens (tertiary/aromatic N) is 2. The zero-order valence-electron chi connectivity index (χ0n) is 16.7. The van der Waals surface area contributed by atoms with Crippen LogP contribution < -0.4 is 0 Å². The molecule has 2 aromatic carbocycles. The summed E-state index contributed by atoms with van der Waals surface area (Å²) in [6.07, 6.45) is 4.30. The molecule has 7 heteroatoms. The van der Waals surface area contributed by atoms with Crippen LogP contribution in [0.2, 0.25) is 0 Å². The van der Waals surface area contributed by atoms with Gasteiger partial charge in [0, 0.05) is 24.4 Å². The van der Waals surface area contributed by atoms with Crippen LogP contribution in [0.25, 0.3) is 0 Å². The van der Waals surface area contributed by atoms with Gasteiger partial charge in [0.25, 0.3) is 17.5 Å². The number of carbonyl (C=O) groups is 2. The van der Waals surface area contributed by atoms with Gasteiger partial charge in [-0.1, -0.05) is 24.3 Å². The highest BCUT2D eigenvalue weighted by Gasteiger charge is 2.36. The quantitative estimate of drug-likeness (QED) is 0.358. The minimum absolute atomic E-state index is 0.125. The molecule has 30 heavy (non-hydrogen) atoms. The van der Waals surface area contributed by atoms with E-state index in [9.17, 15) is 19.7 Å². The summed E-state index contributed by atoms with van der Waals surface area (Å²) in [6, 6.07) is 13.8. The first kappa shape index (κ1) is 20.6. The molecule has 0 bridgehead atoms. The molecule has 0 unspecified atom stereocenters. The second-order valence-electron chi connectivity index (χ2n) is 8.09. The van der Waals surface area contributed by atoms with Crippen LogP contribution in [0.4, 0.5) is 5.69 Å². The molecule has 2 aliphatic rings. The number of fused-ring (bicyclic) bond motifs is 1. The van der Waals surface area contributed by atoms with Crippen molar-refractivity contribution in [2.45, 2.75) is 31.4 Å². The number of imide groups is 1. The Bertz CT molecular complexity index is 917. The number of rotatable bonds is 7. The third kappa shape index (κ3) is 4.41. The second-order valence-corrected chi connectivity index (χ2v) is 9.12. The van der Waals surface area contributed by atoms with Crippen molar-refractivity contribution in [3.05, 3.63) is 75.3 Å². The predicted octanol–water partition coefficient (Wildman–Crippen LogP) is 4.93. The fraction of sp³-hybridized carbons (Fsp3) is 0.391. The Morgan fingerprint density at radius 2 is 1.47 bits per heavy atom. The molecule has 0 spiro atoms. The first-order valence-electron chi connectivity index (χ1n) is 10.3. The van der Waals surface area contributed by atoms with Crippen LogP contribution in [0.3, 0.4) is 0 Å². The fourth-order valence-corrected chi connectivity index (χ4v) is 5.51. The van der Waals surface area contributed by atoms with Crippen molar-refractivity contribution in [3.63, 3.8) is 0 Å². The second kappa shape index (κ2) is 9.00. The van der Waals surface area contributed by atoms with Gasteiger partial charge in [-0.05, 0) is 61.0 Å². The van der Waals surface area contributed by atoms with Crippen LogP contribution >= 0.6 is 11.8 Å². The minimum Gasteiger partial charge on any atom is -0.274 e. The number of hydrogen-bond donors (Lipinski definition) is 0. The van der Waals surface area contributed by atoms with E-state index in [1.807, 2.05) is 23.9 Å². The molecule has 1 aliphatic carbocycles. The summed E-state index contributed by atoms with van der Waals surface area (Å²) >= 11 is 1.87. The lowest BCUT2D eigenvalue weighted by Crippen LogP contribution is -2.36. The van der Waals surface area contributed by atoms with Crippen LogP contribution in [-0.4, -0.2) is 33.9 Å². The predicted molar refractivity (Wildman–Crippen MR) is 117 cm³/mol. The third-order valence-electron chi connectivity index (χ3n) is 6.05. The first-order valence-corrected chi connectivity index (χ1v) is 11.4. The number of non-ortho nitro benzene ring substituents is 1. The largest absolute Gasteiger partial charge is 0.274 e. The monoisotopic (exact) mass is 424 g/mol. The van der Waals surface area contributed by atoms with Gasteiger partial charge in [0.1, 0.15) is 0 Å². The van der Waals surface area contributed by atoms with E-state index in [1.54, 1.807) is 36.4 Å². The standard InChI is InChI=1S/C23H24N2O4S/c26-22-20-3-1-2-4-21(20)23(27)24(22)13-16-5-7-17(8-6-16)14-30-15-18-9-11-19(12-10-18)25(28)29/h1-4,9-12,16-17H,5-8,13-15H2. The minimum atomic E-state index is -0.378. The molecule has 0 aromatic heterocycles. The molecule has 1 heterocycles. The van der Waals surface area contributed by atoms with E-state index in [0.717, 1.165) is 42.8 Å². The van der Waals surface area contributed by atoms with Gasteiger partial charge >= 0.3 is 0 Å². The molecule has 2 amide bonds. The number of carbonyl (C=O) groups excluding carboxylic acids is 2. The van der Waals surface area contributed by atoms with Crippen molar-refractivity contribution < 1.29 is 14.5 Å². The number of nitro benzene ring substituents is 1. The average Bonchev–Trinajstić information content (AvgIpc) is 3.00. The Morgan fingerprint density at radius 1 is 0.900 bits per heavy atom. The van der Waals surface area contributed by atoms with Crippen molar-refractivity contribution in [2.24, 2.45) is 11.8 Å². The van der Waals surface area contributed by atoms with Gasteiger partial charge in [-0.3, -0.25) is 24.6 Å². The molecule has 0 atom stereocenters. The van der Waals surface area contributed by atoms with Gasteiger partial charge in [0.2, 0.25) is 0 Å². The Hall–Kier alpha value is -2.67. The molecule has 1 saturated carbocycles. The van der Waals surface area contributed by atoms with Crippen LogP contribution in [0.15, 0.2) is 48.5 Å². The highest BCUT2D eigenvalue weighted by Crippen LogP contribution is 2.34. The van der Waals surface area contributed by atoms with Crippen molar-refractivity contribution >= 4 is 29.3 Å².